The zero-order valence-electron chi connectivity index (χ0n) is 14.7. The first-order chi connectivity index (χ1) is 13.7. The molecule has 0 atom stereocenters. The van der Waals surface area contributed by atoms with Crippen LogP contribution in [0.5, 0.6) is 0 Å². The lowest BCUT2D eigenvalue weighted by molar-refractivity contribution is -0.137. The van der Waals surface area contributed by atoms with Crippen molar-refractivity contribution in [1.29, 1.82) is 0 Å². The molecule has 0 aliphatic heterocycles. The Morgan fingerprint density at radius 3 is 2.55 bits per heavy atom. The Balaban J connectivity index is 1.54. The molecular formula is C19H14F3N5O2. The molecule has 0 bridgehead atoms. The molecule has 7 nitrogen and oxygen atoms in total. The minimum Gasteiger partial charge on any atom is -0.382 e. The van der Waals surface area contributed by atoms with E-state index in [0.29, 0.717) is 22.2 Å². The fraction of sp³-hybridized carbons (Fsp3) is 0.105. The predicted octanol–water partition coefficient (Wildman–Crippen LogP) is 3.12. The summed E-state index contributed by atoms with van der Waals surface area (Å²) in [6, 6.07) is 9.78. The summed E-state index contributed by atoms with van der Waals surface area (Å²) in [5.74, 6) is 0.288. The van der Waals surface area contributed by atoms with Crippen LogP contribution < -0.4 is 27.2 Å². The topological polar surface area (TPSA) is 113 Å². The molecule has 0 unspecified atom stereocenters. The van der Waals surface area contributed by atoms with E-state index in [1.54, 1.807) is 18.2 Å². The van der Waals surface area contributed by atoms with Gasteiger partial charge >= 0.3 is 6.18 Å². The fourth-order valence-electron chi connectivity index (χ4n) is 2.98. The Hall–Kier alpha value is -3.82. The number of alkyl halides is 3. The quantitative estimate of drug-likeness (QED) is 0.382. The Morgan fingerprint density at radius 2 is 1.79 bits per heavy atom. The third-order valence-corrected chi connectivity index (χ3v) is 4.50. The molecule has 4 aromatic rings. The molecule has 0 radical (unpaired) electrons. The highest BCUT2D eigenvalue weighted by atomic mass is 19.4. The molecule has 0 amide bonds. The van der Waals surface area contributed by atoms with Crippen molar-refractivity contribution in [3.63, 3.8) is 0 Å². The van der Waals surface area contributed by atoms with Gasteiger partial charge in [0.15, 0.2) is 5.82 Å². The van der Waals surface area contributed by atoms with Gasteiger partial charge < -0.3 is 16.4 Å². The maximum atomic E-state index is 12.8. The van der Waals surface area contributed by atoms with Gasteiger partial charge in [0.1, 0.15) is 11.4 Å². The second-order valence-corrected chi connectivity index (χ2v) is 6.45. The zero-order chi connectivity index (χ0) is 20.8. The highest BCUT2D eigenvalue weighted by molar-refractivity contribution is 5.92. The number of nitrogen functional groups attached to an aromatic ring is 1. The minimum atomic E-state index is -4.46. The van der Waals surface area contributed by atoms with Crippen LogP contribution in [-0.2, 0) is 12.7 Å². The molecule has 4 rings (SSSR count). The van der Waals surface area contributed by atoms with Crippen LogP contribution in [-0.4, -0.2) is 10.2 Å². The van der Waals surface area contributed by atoms with Gasteiger partial charge in [-0.15, -0.1) is 0 Å². The molecule has 0 spiro atoms. The van der Waals surface area contributed by atoms with Crippen molar-refractivity contribution in [2.75, 3.05) is 16.4 Å². The Morgan fingerprint density at radius 1 is 1.03 bits per heavy atom. The number of benzene rings is 2. The zero-order valence-corrected chi connectivity index (χ0v) is 14.7. The van der Waals surface area contributed by atoms with Gasteiger partial charge in [0.25, 0.3) is 10.9 Å². The fourth-order valence-corrected chi connectivity index (χ4v) is 2.98. The number of nitrogens with two attached hydrogens (primary N) is 1. The number of rotatable bonds is 5. The van der Waals surface area contributed by atoms with Gasteiger partial charge in [-0.25, -0.2) is 0 Å². The standard InChI is InChI=1S/C19H14F3N5O2/c20-19(21,22)10-3-1-2-9(6-10)8-24-14-15(17(29)16(14)28)25-11-4-5-13-12(7-11)18(23)27-26-13/h1-7,24-25H,8H2,(H3,23,26,27). The number of hydrogen-bond donors (Lipinski definition) is 4. The normalized spacial score (nSPS) is 11.8. The first-order valence-corrected chi connectivity index (χ1v) is 8.48. The van der Waals surface area contributed by atoms with E-state index in [2.05, 4.69) is 20.8 Å². The average Bonchev–Trinajstić information content (AvgIpc) is 3.07. The van der Waals surface area contributed by atoms with Crippen LogP contribution >= 0.6 is 0 Å². The SMILES string of the molecule is Nc1n[nH]c2ccc(Nc3c(NCc4cccc(C(F)(F)F)c4)c(=O)c3=O)cc12. The Bertz CT molecular complexity index is 1290. The van der Waals surface area contributed by atoms with Gasteiger partial charge in [-0.05, 0) is 35.9 Å². The second kappa shape index (κ2) is 6.66. The highest BCUT2D eigenvalue weighted by Crippen LogP contribution is 2.30. The predicted molar refractivity (Wildman–Crippen MR) is 104 cm³/mol. The molecule has 5 N–H and O–H groups in total. The van der Waals surface area contributed by atoms with Crippen molar-refractivity contribution in [1.82, 2.24) is 10.2 Å². The Kier molecular flexibility index (Phi) is 4.26. The molecule has 29 heavy (non-hydrogen) atoms. The molecule has 148 valence electrons. The van der Waals surface area contributed by atoms with Crippen LogP contribution in [0.3, 0.4) is 0 Å². The van der Waals surface area contributed by atoms with Crippen LogP contribution in [0.25, 0.3) is 10.9 Å². The number of anilines is 4. The summed E-state index contributed by atoms with van der Waals surface area (Å²) in [7, 11) is 0. The van der Waals surface area contributed by atoms with Crippen molar-refractivity contribution in [2.45, 2.75) is 12.7 Å². The first-order valence-electron chi connectivity index (χ1n) is 8.48. The summed E-state index contributed by atoms with van der Waals surface area (Å²) in [5, 5.41) is 12.9. The summed E-state index contributed by atoms with van der Waals surface area (Å²) in [4.78, 5) is 23.9. The summed E-state index contributed by atoms with van der Waals surface area (Å²) >= 11 is 0. The maximum Gasteiger partial charge on any atom is 0.416 e. The molecule has 1 aromatic heterocycles. The largest absolute Gasteiger partial charge is 0.416 e. The second-order valence-electron chi connectivity index (χ2n) is 6.45. The molecule has 10 heteroatoms. The number of halogens is 3. The third kappa shape index (κ3) is 3.40. The van der Waals surface area contributed by atoms with E-state index in [1.807, 2.05) is 0 Å². The third-order valence-electron chi connectivity index (χ3n) is 4.50. The van der Waals surface area contributed by atoms with E-state index >= 15 is 0 Å². The Labute approximate surface area is 161 Å². The monoisotopic (exact) mass is 401 g/mol. The number of hydrogen-bond acceptors (Lipinski definition) is 6. The number of nitrogens with zero attached hydrogens (tertiary/aromatic N) is 1. The highest BCUT2D eigenvalue weighted by Gasteiger charge is 2.30. The van der Waals surface area contributed by atoms with Crippen molar-refractivity contribution in [2.24, 2.45) is 0 Å². The number of fused-ring (bicyclic) bond motifs is 1. The lowest BCUT2D eigenvalue weighted by Crippen LogP contribution is -2.36. The van der Waals surface area contributed by atoms with Gasteiger partial charge in [-0.3, -0.25) is 14.7 Å². The number of nitrogens with one attached hydrogen (secondary N) is 3. The van der Waals surface area contributed by atoms with Gasteiger partial charge in [0.2, 0.25) is 0 Å². The van der Waals surface area contributed by atoms with Crippen LogP contribution in [0.4, 0.5) is 36.1 Å². The molecule has 3 aromatic carbocycles. The van der Waals surface area contributed by atoms with Gasteiger partial charge in [0.05, 0.1) is 11.1 Å². The van der Waals surface area contributed by atoms with E-state index in [9.17, 15) is 22.8 Å². The lowest BCUT2D eigenvalue weighted by atomic mass is 10.1. The van der Waals surface area contributed by atoms with E-state index < -0.39 is 22.6 Å². The van der Waals surface area contributed by atoms with Crippen LogP contribution in [0.1, 0.15) is 11.1 Å². The average molecular weight is 401 g/mol. The number of H-pyrrole nitrogens is 1. The molecular weight excluding hydrogens is 387 g/mol. The molecule has 0 fully saturated rings. The molecule has 0 saturated carbocycles. The summed E-state index contributed by atoms with van der Waals surface area (Å²) in [6.07, 6.45) is -4.46. The van der Waals surface area contributed by atoms with E-state index in [4.69, 9.17) is 5.73 Å². The van der Waals surface area contributed by atoms with E-state index in [0.717, 1.165) is 12.1 Å². The smallest absolute Gasteiger partial charge is 0.382 e. The van der Waals surface area contributed by atoms with Crippen LogP contribution in [0.2, 0.25) is 0 Å². The summed E-state index contributed by atoms with van der Waals surface area (Å²) in [5.41, 5.74) is 5.14. The maximum absolute atomic E-state index is 12.8. The van der Waals surface area contributed by atoms with Crippen molar-refractivity contribution in [3.8, 4) is 0 Å². The van der Waals surface area contributed by atoms with Gasteiger partial charge in [-0.1, -0.05) is 12.1 Å². The molecule has 1 heterocycles. The molecule has 0 aliphatic carbocycles. The van der Waals surface area contributed by atoms with Gasteiger partial charge in [-0.2, -0.15) is 18.3 Å². The number of aromatic amines is 1. The summed E-state index contributed by atoms with van der Waals surface area (Å²) < 4.78 is 38.5. The van der Waals surface area contributed by atoms with Crippen molar-refractivity contribution < 1.29 is 13.2 Å². The minimum absolute atomic E-state index is 0.0210. The van der Waals surface area contributed by atoms with Crippen molar-refractivity contribution >= 4 is 33.8 Å². The summed E-state index contributed by atoms with van der Waals surface area (Å²) in [6.45, 7) is -0.0445. The van der Waals surface area contributed by atoms with E-state index in [-0.39, 0.29) is 23.7 Å². The van der Waals surface area contributed by atoms with Crippen molar-refractivity contribution in [3.05, 3.63) is 74.0 Å². The molecule has 0 aliphatic rings. The van der Waals surface area contributed by atoms with Crippen LogP contribution in [0, 0.1) is 0 Å². The van der Waals surface area contributed by atoms with Gasteiger partial charge in [0, 0.05) is 17.6 Å². The number of aromatic nitrogens is 2. The molecule has 0 saturated heterocycles. The van der Waals surface area contributed by atoms with Crippen LogP contribution in [0.15, 0.2) is 52.1 Å². The lowest BCUT2D eigenvalue weighted by Gasteiger charge is -2.15. The van der Waals surface area contributed by atoms with E-state index in [1.165, 1.54) is 12.1 Å². The first kappa shape index (κ1) is 18.5.